The number of imide groups is 1. The first-order valence-electron chi connectivity index (χ1n) is 33.2. The van der Waals surface area contributed by atoms with Crippen LogP contribution in [0.25, 0.3) is 17.2 Å². The smallest absolute Gasteiger partial charge is 0.258 e. The van der Waals surface area contributed by atoms with Crippen LogP contribution < -0.4 is 45.0 Å². The molecule has 1 saturated heterocycles. The molecule has 5 aliphatic carbocycles. The second kappa shape index (κ2) is 24.6. The molecule has 88 heavy (non-hydrogen) atoms. The van der Waals surface area contributed by atoms with E-state index in [-0.39, 0.29) is 66.8 Å². The summed E-state index contributed by atoms with van der Waals surface area (Å²) in [6.07, 6.45) is 19.3. The molecule has 16 heteroatoms. The van der Waals surface area contributed by atoms with Crippen LogP contribution in [0.4, 0.5) is 5.69 Å². The van der Waals surface area contributed by atoms with Crippen LogP contribution in [0.15, 0.2) is 66.3 Å². The third-order valence-electron chi connectivity index (χ3n) is 22.5. The number of allylic oxidation sites excluding steroid dienone is 1. The SMILES string of the molecule is CNCCOc1cc(O[C@@]23CCC[C@@H](CCC(C)C)[C@@H]2CC[C@H](C)N3)c2c3c1CCc1c-3c(cc3c1[C@@H](O)[C@H](c1cc(OC)c(O)c(OC[C@H](CO)[C@]45CCC[C@H](C6(N7C(=O)C=C(CNC)C7=O)CCCCC6)[C@H]4C=Cc4ccccc45)c1)CO3)N[C@@H]2O. The van der Waals surface area contributed by atoms with Crippen molar-refractivity contribution in [2.45, 2.75) is 171 Å². The molecule has 0 spiro atoms. The molecule has 4 heterocycles. The van der Waals surface area contributed by atoms with Crippen LogP contribution in [-0.4, -0.2) is 115 Å². The van der Waals surface area contributed by atoms with Gasteiger partial charge in [0, 0.05) is 100 Å². The van der Waals surface area contributed by atoms with Gasteiger partial charge in [-0.25, -0.2) is 0 Å². The van der Waals surface area contributed by atoms with Gasteiger partial charge in [0.25, 0.3) is 11.8 Å². The standard InChI is InChI=1S/C72H93N5O11/c1-41(2)18-20-44-15-12-29-72(52(44)24-19-42(3)76-72)88-58-36-56(85-31-30-73-4)48-22-23-49-62-55(75-68(82)65(58)64(48)62)35-57-63(49)66(80)50(40-87-57)45-32-59(84-6)67(81)60(33-45)86-39-47(38-78)71-28-13-17-53(54(71)25-21-43-14-8-9-16-51(43)71)70(26-10-7-11-27-70)77-61(79)34-46(37-74-5)69(77)83/h8-9,14,16,21,25,32-36,41-42,44,47,50,52-54,66,68,73-76,78,80-82H,7,10-13,15,17-20,22-24,26-31,37-40H2,1-6H3/t42-,44-,47-,50-,52-,53-,54+,66-,68+,71-,72-/m0/s1. The van der Waals surface area contributed by atoms with Gasteiger partial charge in [-0.1, -0.05) is 82.4 Å². The number of ether oxygens (including phenoxy) is 5. The Morgan fingerprint density at radius 3 is 2.42 bits per heavy atom. The summed E-state index contributed by atoms with van der Waals surface area (Å²) in [6, 6.07) is 16.1. The molecule has 13 rings (SSSR count). The lowest BCUT2D eigenvalue weighted by Gasteiger charge is -2.60. The minimum absolute atomic E-state index is 0.0237. The molecule has 0 unspecified atom stereocenters. The topological polar surface area (TPSA) is 213 Å². The first-order valence-corrected chi connectivity index (χ1v) is 33.2. The average molecular weight is 1200 g/mol. The highest BCUT2D eigenvalue weighted by Crippen LogP contribution is 2.62. The second-order valence-corrected chi connectivity index (χ2v) is 27.6. The number of benzene rings is 4. The Kier molecular flexibility index (Phi) is 17.0. The van der Waals surface area contributed by atoms with Crippen molar-refractivity contribution < 1.29 is 53.7 Å². The Balaban J connectivity index is 0.838. The number of hydrogen-bond donors (Lipinski definition) is 8. The number of rotatable bonds is 20. The van der Waals surface area contributed by atoms with Crippen molar-refractivity contribution >= 4 is 23.6 Å². The maximum absolute atomic E-state index is 14.4. The van der Waals surface area contributed by atoms with Crippen LogP contribution in [0.5, 0.6) is 34.5 Å². The number of carbonyl (C=O) groups is 2. The molecule has 4 aromatic carbocycles. The highest BCUT2D eigenvalue weighted by Gasteiger charge is 2.61. The minimum atomic E-state index is -1.10. The number of hydrogen-bond acceptors (Lipinski definition) is 15. The van der Waals surface area contributed by atoms with Gasteiger partial charge in [-0.3, -0.25) is 19.8 Å². The van der Waals surface area contributed by atoms with E-state index in [0.29, 0.717) is 84.1 Å². The van der Waals surface area contributed by atoms with Crippen molar-refractivity contribution in [2.24, 2.45) is 35.5 Å². The highest BCUT2D eigenvalue weighted by atomic mass is 16.5. The molecule has 9 aliphatic rings. The quantitative estimate of drug-likeness (QED) is 0.0305. The Labute approximate surface area is 519 Å². The highest BCUT2D eigenvalue weighted by molar-refractivity contribution is 6.17. The van der Waals surface area contributed by atoms with Gasteiger partial charge in [0.1, 0.15) is 23.9 Å². The van der Waals surface area contributed by atoms with E-state index in [2.05, 4.69) is 72.4 Å². The molecule has 0 aromatic heterocycles. The van der Waals surface area contributed by atoms with Gasteiger partial charge in [-0.05, 0) is 150 Å². The number of phenols is 1. The number of aromatic hydroxyl groups is 1. The molecule has 3 saturated carbocycles. The van der Waals surface area contributed by atoms with Gasteiger partial charge >= 0.3 is 0 Å². The van der Waals surface area contributed by atoms with Crippen LogP contribution in [0.1, 0.15) is 174 Å². The Morgan fingerprint density at radius 2 is 1.64 bits per heavy atom. The number of aliphatic hydroxyl groups is 3. The number of carbonyl (C=O) groups excluding carboxylic acids is 2. The lowest BCUT2D eigenvalue weighted by molar-refractivity contribution is -0.153. The molecule has 0 bridgehead atoms. The summed E-state index contributed by atoms with van der Waals surface area (Å²) in [5.41, 5.74) is 7.09. The summed E-state index contributed by atoms with van der Waals surface area (Å²) in [5, 5.41) is 63.2. The first kappa shape index (κ1) is 60.8. The summed E-state index contributed by atoms with van der Waals surface area (Å²) in [7, 11) is 5.21. The third kappa shape index (κ3) is 10.2. The molecule has 11 atom stereocenters. The zero-order chi connectivity index (χ0) is 61.2. The summed E-state index contributed by atoms with van der Waals surface area (Å²) in [6.45, 7) is 8.18. The number of methoxy groups -OCH3 is 1. The number of nitrogens with zero attached hydrogens (tertiary/aromatic N) is 1. The second-order valence-electron chi connectivity index (χ2n) is 27.6. The van der Waals surface area contributed by atoms with Gasteiger partial charge in [-0.15, -0.1) is 0 Å². The molecule has 4 aromatic rings. The van der Waals surface area contributed by atoms with E-state index in [4.69, 9.17) is 23.7 Å². The molecule has 4 aliphatic heterocycles. The van der Waals surface area contributed by atoms with Crippen molar-refractivity contribution in [3.8, 4) is 45.6 Å². The zero-order valence-corrected chi connectivity index (χ0v) is 52.5. The monoisotopic (exact) mass is 1200 g/mol. The summed E-state index contributed by atoms with van der Waals surface area (Å²) in [5.74, 6) is 1.64. The van der Waals surface area contributed by atoms with Crippen LogP contribution in [0, 0.1) is 35.5 Å². The summed E-state index contributed by atoms with van der Waals surface area (Å²) >= 11 is 0. The molecule has 4 fully saturated rings. The van der Waals surface area contributed by atoms with Gasteiger partial charge in [0.05, 0.1) is 44.1 Å². The summed E-state index contributed by atoms with van der Waals surface area (Å²) < 4.78 is 33.8. The van der Waals surface area contributed by atoms with E-state index in [1.54, 1.807) is 24.1 Å². The number of piperidine rings is 1. The van der Waals surface area contributed by atoms with E-state index in [9.17, 15) is 30.0 Å². The molecule has 0 radical (unpaired) electrons. The van der Waals surface area contributed by atoms with Crippen LogP contribution in [0.3, 0.4) is 0 Å². The van der Waals surface area contributed by atoms with Crippen molar-refractivity contribution in [1.29, 1.82) is 0 Å². The molecule has 16 nitrogen and oxygen atoms in total. The summed E-state index contributed by atoms with van der Waals surface area (Å²) in [4.78, 5) is 30.3. The van der Waals surface area contributed by atoms with E-state index < -0.39 is 40.8 Å². The predicted molar refractivity (Wildman–Crippen MR) is 339 cm³/mol. The van der Waals surface area contributed by atoms with Crippen molar-refractivity contribution in [3.63, 3.8) is 0 Å². The fourth-order valence-electron chi connectivity index (χ4n) is 18.6. The maximum Gasteiger partial charge on any atom is 0.258 e. The third-order valence-corrected chi connectivity index (χ3v) is 22.5. The van der Waals surface area contributed by atoms with Crippen LogP contribution in [0.2, 0.25) is 0 Å². The maximum atomic E-state index is 14.4. The lowest BCUT2D eigenvalue weighted by Crippen LogP contribution is -2.65. The van der Waals surface area contributed by atoms with Gasteiger partial charge in [0.2, 0.25) is 5.75 Å². The van der Waals surface area contributed by atoms with E-state index in [1.807, 2.05) is 25.2 Å². The van der Waals surface area contributed by atoms with E-state index in [0.717, 1.165) is 128 Å². The zero-order valence-electron chi connectivity index (χ0n) is 52.5. The molecule has 472 valence electrons. The molecular weight excluding hydrogens is 1110 g/mol. The Morgan fingerprint density at radius 1 is 0.841 bits per heavy atom. The van der Waals surface area contributed by atoms with Gasteiger partial charge in [0.15, 0.2) is 23.5 Å². The fraction of sp³-hybridized carbons (Fsp3) is 0.583. The fourth-order valence-corrected chi connectivity index (χ4v) is 18.6. The van der Waals surface area contributed by atoms with Gasteiger partial charge < -0.3 is 60.1 Å². The number of aliphatic hydroxyl groups excluding tert-OH is 3. The Hall–Kier alpha value is -6.14. The van der Waals surface area contributed by atoms with Gasteiger partial charge in [-0.2, -0.15) is 0 Å². The molecular formula is C72H93N5O11. The number of nitrogens with one attached hydrogen (secondary N) is 4. The lowest BCUT2D eigenvalue weighted by atomic mass is 9.47. The minimum Gasteiger partial charge on any atom is -0.502 e. The van der Waals surface area contributed by atoms with Crippen LogP contribution in [-0.2, 0) is 27.8 Å². The number of likely N-dealkylation sites (N-methyl/N-ethyl adjacent to an activating group) is 2. The Bertz CT molecular complexity index is 3370. The van der Waals surface area contributed by atoms with Crippen molar-refractivity contribution in [2.75, 3.05) is 66.0 Å². The van der Waals surface area contributed by atoms with E-state index >= 15 is 0 Å². The average Bonchev–Trinajstić information content (AvgIpc) is 0.857. The predicted octanol–water partition coefficient (Wildman–Crippen LogP) is 10.7. The first-order chi connectivity index (χ1) is 42.7. The van der Waals surface area contributed by atoms with E-state index in [1.165, 1.54) is 26.0 Å². The number of phenolic OH excluding ortho intramolecular Hbond substituents is 1. The molecule has 2 amide bonds. The largest absolute Gasteiger partial charge is 0.502 e. The van der Waals surface area contributed by atoms with Crippen LogP contribution >= 0.6 is 0 Å². The number of anilines is 1. The normalized spacial score (nSPS) is 29.3. The number of fused-ring (bicyclic) bond motifs is 6. The molecule has 8 N–H and O–H groups in total. The number of amides is 2. The van der Waals surface area contributed by atoms with Crippen molar-refractivity contribution in [3.05, 3.63) is 105 Å². The van der Waals surface area contributed by atoms with Crippen molar-refractivity contribution in [1.82, 2.24) is 20.9 Å².